The van der Waals surface area contributed by atoms with Crippen LogP contribution >= 0.6 is 11.8 Å². The van der Waals surface area contributed by atoms with Gasteiger partial charge >= 0.3 is 0 Å². The summed E-state index contributed by atoms with van der Waals surface area (Å²) in [6.07, 6.45) is 5.90. The van der Waals surface area contributed by atoms with Crippen LogP contribution in [0.25, 0.3) is 0 Å². The van der Waals surface area contributed by atoms with Crippen molar-refractivity contribution >= 4 is 11.8 Å². The Morgan fingerprint density at radius 2 is 1.80 bits per heavy atom. The average Bonchev–Trinajstić information content (AvgIpc) is 2.74. The summed E-state index contributed by atoms with van der Waals surface area (Å²) in [4.78, 5) is 0. The summed E-state index contributed by atoms with van der Waals surface area (Å²) in [5.74, 6) is 3.41. The van der Waals surface area contributed by atoms with Gasteiger partial charge in [0.25, 0.3) is 0 Å². The number of benzene rings is 1. The van der Waals surface area contributed by atoms with Crippen molar-refractivity contribution in [2.24, 2.45) is 11.8 Å². The highest BCUT2D eigenvalue weighted by Gasteiger charge is 2.38. The van der Waals surface area contributed by atoms with Crippen LogP contribution in [0.4, 0.5) is 0 Å². The van der Waals surface area contributed by atoms with Crippen LogP contribution in [0.5, 0.6) is 0 Å². The fourth-order valence-corrected chi connectivity index (χ4v) is 5.00. The lowest BCUT2D eigenvalue weighted by Gasteiger charge is -2.28. The fraction of sp³-hybridized carbons (Fsp3) is 0.571. The SMILES string of the molecule is c1ccc([C@H]2SC[C@H]3CCCC[C@@H]32)cc1. The maximum Gasteiger partial charge on any atom is 0.0328 e. The maximum absolute atomic E-state index is 2.31. The van der Waals surface area contributed by atoms with Gasteiger partial charge in [0.1, 0.15) is 0 Å². The van der Waals surface area contributed by atoms with Gasteiger partial charge in [0.05, 0.1) is 0 Å². The van der Waals surface area contributed by atoms with E-state index in [1.807, 2.05) is 0 Å². The molecular weight excluding hydrogens is 200 g/mol. The van der Waals surface area contributed by atoms with Crippen molar-refractivity contribution in [3.05, 3.63) is 35.9 Å². The third-order valence-electron chi connectivity index (χ3n) is 3.97. The Balaban J connectivity index is 1.82. The largest absolute Gasteiger partial charge is 0.153 e. The highest BCUT2D eigenvalue weighted by atomic mass is 32.2. The lowest BCUT2D eigenvalue weighted by molar-refractivity contribution is 0.271. The molecule has 2 aliphatic rings. The van der Waals surface area contributed by atoms with Crippen LogP contribution in [0.1, 0.15) is 36.5 Å². The standard InChI is InChI=1S/C14H18S/c1-2-6-11(7-3-1)14-13-9-5-4-8-12(13)10-15-14/h1-3,6-7,12-14H,4-5,8-10H2/t12-,13+,14-/m1/s1. The Morgan fingerprint density at radius 3 is 2.67 bits per heavy atom. The zero-order chi connectivity index (χ0) is 10.1. The highest BCUT2D eigenvalue weighted by Crippen LogP contribution is 2.53. The van der Waals surface area contributed by atoms with Crippen molar-refractivity contribution in [1.29, 1.82) is 0 Å². The predicted molar refractivity (Wildman–Crippen MR) is 67.1 cm³/mol. The molecule has 0 N–H and O–H groups in total. The molecule has 15 heavy (non-hydrogen) atoms. The second-order valence-electron chi connectivity index (χ2n) is 4.87. The smallest absolute Gasteiger partial charge is 0.0328 e. The topological polar surface area (TPSA) is 0 Å². The van der Waals surface area contributed by atoms with Crippen LogP contribution in [0.2, 0.25) is 0 Å². The van der Waals surface area contributed by atoms with Crippen LogP contribution in [0.15, 0.2) is 30.3 Å². The Labute approximate surface area is 96.5 Å². The molecule has 1 aliphatic carbocycles. The minimum absolute atomic E-state index is 0.802. The molecule has 3 rings (SSSR count). The molecular formula is C14H18S. The fourth-order valence-electron chi connectivity index (χ4n) is 3.18. The first kappa shape index (κ1) is 9.77. The molecule has 0 amide bonds. The molecule has 1 saturated heterocycles. The summed E-state index contributed by atoms with van der Waals surface area (Å²) >= 11 is 2.20. The van der Waals surface area contributed by atoms with Gasteiger partial charge in [-0.05, 0) is 36.0 Å². The van der Waals surface area contributed by atoms with Gasteiger partial charge in [-0.3, -0.25) is 0 Å². The summed E-state index contributed by atoms with van der Waals surface area (Å²) in [7, 11) is 0. The van der Waals surface area contributed by atoms with Crippen LogP contribution in [-0.4, -0.2) is 5.75 Å². The van der Waals surface area contributed by atoms with E-state index < -0.39 is 0 Å². The molecule has 0 unspecified atom stereocenters. The Morgan fingerprint density at radius 1 is 1.00 bits per heavy atom. The third kappa shape index (κ3) is 1.82. The average molecular weight is 218 g/mol. The summed E-state index contributed by atoms with van der Waals surface area (Å²) in [6, 6.07) is 11.1. The quantitative estimate of drug-likeness (QED) is 0.678. The van der Waals surface area contributed by atoms with Gasteiger partial charge in [-0.2, -0.15) is 11.8 Å². The van der Waals surface area contributed by atoms with E-state index in [2.05, 4.69) is 42.1 Å². The van der Waals surface area contributed by atoms with Crippen LogP contribution in [0.3, 0.4) is 0 Å². The second-order valence-corrected chi connectivity index (χ2v) is 6.05. The van der Waals surface area contributed by atoms with Crippen molar-refractivity contribution < 1.29 is 0 Å². The first-order chi connectivity index (χ1) is 7.45. The number of rotatable bonds is 1. The van der Waals surface area contributed by atoms with E-state index in [0.717, 1.165) is 17.1 Å². The monoisotopic (exact) mass is 218 g/mol. The van der Waals surface area contributed by atoms with Crippen molar-refractivity contribution in [2.45, 2.75) is 30.9 Å². The van der Waals surface area contributed by atoms with Crippen LogP contribution < -0.4 is 0 Å². The molecule has 3 atom stereocenters. The zero-order valence-corrected chi connectivity index (χ0v) is 9.88. The van der Waals surface area contributed by atoms with Crippen LogP contribution in [-0.2, 0) is 0 Å². The Kier molecular flexibility index (Phi) is 2.74. The number of fused-ring (bicyclic) bond motifs is 1. The van der Waals surface area contributed by atoms with Gasteiger partial charge in [0.15, 0.2) is 0 Å². The first-order valence-electron chi connectivity index (χ1n) is 6.12. The summed E-state index contributed by atoms with van der Waals surface area (Å²) in [5.41, 5.74) is 1.57. The molecule has 2 fully saturated rings. The lowest BCUT2D eigenvalue weighted by atomic mass is 9.77. The third-order valence-corrected chi connectivity index (χ3v) is 5.58. The maximum atomic E-state index is 2.31. The molecule has 1 aromatic rings. The zero-order valence-electron chi connectivity index (χ0n) is 9.06. The first-order valence-corrected chi connectivity index (χ1v) is 7.16. The van der Waals surface area contributed by atoms with Crippen molar-refractivity contribution in [3.8, 4) is 0 Å². The molecule has 0 nitrogen and oxygen atoms in total. The molecule has 1 aromatic carbocycles. The lowest BCUT2D eigenvalue weighted by Crippen LogP contribution is -2.18. The van der Waals surface area contributed by atoms with Crippen molar-refractivity contribution in [3.63, 3.8) is 0 Å². The normalized spacial score (nSPS) is 35.1. The van der Waals surface area contributed by atoms with E-state index in [1.54, 1.807) is 5.56 Å². The van der Waals surface area contributed by atoms with Gasteiger partial charge < -0.3 is 0 Å². The molecule has 0 aromatic heterocycles. The number of hydrogen-bond donors (Lipinski definition) is 0. The number of thioether (sulfide) groups is 1. The van der Waals surface area contributed by atoms with E-state index in [0.29, 0.717) is 0 Å². The van der Waals surface area contributed by atoms with Gasteiger partial charge in [-0.25, -0.2) is 0 Å². The van der Waals surface area contributed by atoms with Crippen molar-refractivity contribution in [2.75, 3.05) is 5.75 Å². The van der Waals surface area contributed by atoms with Gasteiger partial charge in [0.2, 0.25) is 0 Å². The summed E-state index contributed by atoms with van der Waals surface area (Å²) < 4.78 is 0. The molecule has 0 bridgehead atoms. The van der Waals surface area contributed by atoms with Gasteiger partial charge in [0, 0.05) is 5.25 Å². The molecule has 0 radical (unpaired) electrons. The molecule has 1 heteroatoms. The highest BCUT2D eigenvalue weighted by molar-refractivity contribution is 7.99. The van der Waals surface area contributed by atoms with E-state index in [-0.39, 0.29) is 0 Å². The van der Waals surface area contributed by atoms with E-state index in [1.165, 1.54) is 31.4 Å². The Hall–Kier alpha value is -0.430. The summed E-state index contributed by atoms with van der Waals surface area (Å²) in [6.45, 7) is 0. The molecule has 80 valence electrons. The molecule has 1 saturated carbocycles. The van der Waals surface area contributed by atoms with Gasteiger partial charge in [-0.1, -0.05) is 43.2 Å². The molecule has 0 spiro atoms. The van der Waals surface area contributed by atoms with Crippen LogP contribution in [0, 0.1) is 11.8 Å². The van der Waals surface area contributed by atoms with E-state index >= 15 is 0 Å². The predicted octanol–water partition coefficient (Wildman–Crippen LogP) is 4.28. The van der Waals surface area contributed by atoms with Crippen molar-refractivity contribution in [1.82, 2.24) is 0 Å². The minimum Gasteiger partial charge on any atom is -0.153 e. The summed E-state index contributed by atoms with van der Waals surface area (Å²) in [5, 5.41) is 0.802. The number of hydrogen-bond acceptors (Lipinski definition) is 1. The van der Waals surface area contributed by atoms with E-state index in [9.17, 15) is 0 Å². The minimum atomic E-state index is 0.802. The second kappa shape index (κ2) is 4.21. The molecule has 1 aliphatic heterocycles. The van der Waals surface area contributed by atoms with E-state index in [4.69, 9.17) is 0 Å². The molecule has 1 heterocycles. The van der Waals surface area contributed by atoms with Gasteiger partial charge in [-0.15, -0.1) is 0 Å². The Bertz CT molecular complexity index is 319.